The topological polar surface area (TPSA) is 21.7 Å². The van der Waals surface area contributed by atoms with E-state index in [1.165, 1.54) is 11.1 Å². The van der Waals surface area contributed by atoms with Crippen molar-refractivity contribution in [3.8, 4) is 11.5 Å². The van der Waals surface area contributed by atoms with Crippen molar-refractivity contribution in [2.75, 3.05) is 20.8 Å². The van der Waals surface area contributed by atoms with E-state index in [0.717, 1.165) is 37.6 Å². The maximum atomic E-state index is 5.33. The zero-order valence-electron chi connectivity index (χ0n) is 11.9. The van der Waals surface area contributed by atoms with Crippen LogP contribution in [0.1, 0.15) is 16.0 Å². The summed E-state index contributed by atoms with van der Waals surface area (Å²) in [5.41, 5.74) is 2.72. The summed E-state index contributed by atoms with van der Waals surface area (Å²) in [6.07, 6.45) is 1.16. The second kappa shape index (κ2) is 5.85. The average Bonchev–Trinajstić information content (AvgIpc) is 2.94. The lowest BCUT2D eigenvalue weighted by molar-refractivity contribution is 0.246. The fourth-order valence-electron chi connectivity index (χ4n) is 2.66. The van der Waals surface area contributed by atoms with Gasteiger partial charge >= 0.3 is 0 Å². The highest BCUT2D eigenvalue weighted by Gasteiger charge is 2.17. The van der Waals surface area contributed by atoms with E-state index in [9.17, 15) is 0 Å². The Morgan fingerprint density at radius 3 is 2.60 bits per heavy atom. The summed E-state index contributed by atoms with van der Waals surface area (Å²) in [4.78, 5) is 4.02. The highest BCUT2D eigenvalue weighted by molar-refractivity contribution is 7.10. The van der Waals surface area contributed by atoms with Gasteiger partial charge in [0.15, 0.2) is 0 Å². The minimum atomic E-state index is 0.854. The first kappa shape index (κ1) is 13.5. The molecule has 2 aromatic rings. The van der Waals surface area contributed by atoms with Crippen molar-refractivity contribution in [3.63, 3.8) is 0 Å². The molecule has 3 nitrogen and oxygen atoms in total. The van der Waals surface area contributed by atoms with Gasteiger partial charge in [-0.1, -0.05) is 0 Å². The lowest BCUT2D eigenvalue weighted by Crippen LogP contribution is -2.29. The summed E-state index contributed by atoms with van der Waals surface area (Å²) >= 11 is 1.88. The normalized spacial score (nSPS) is 14.9. The van der Waals surface area contributed by atoms with Gasteiger partial charge in [-0.25, -0.2) is 0 Å². The average molecular weight is 289 g/mol. The Bertz CT molecular complexity index is 572. The van der Waals surface area contributed by atoms with E-state index in [1.54, 1.807) is 19.1 Å². The van der Waals surface area contributed by atoms with E-state index < -0.39 is 0 Å². The molecule has 1 aromatic carbocycles. The molecule has 0 saturated carbocycles. The number of fused-ring (bicyclic) bond motifs is 1. The van der Waals surface area contributed by atoms with E-state index in [2.05, 4.69) is 28.5 Å². The highest BCUT2D eigenvalue weighted by atomic mass is 32.1. The van der Waals surface area contributed by atoms with Crippen LogP contribution >= 0.6 is 11.3 Å². The molecule has 0 N–H and O–H groups in total. The van der Waals surface area contributed by atoms with Gasteiger partial charge in [0.05, 0.1) is 14.2 Å². The van der Waals surface area contributed by atoms with Crippen LogP contribution in [0.3, 0.4) is 0 Å². The van der Waals surface area contributed by atoms with Crippen LogP contribution in [0.15, 0.2) is 29.6 Å². The summed E-state index contributed by atoms with van der Waals surface area (Å²) in [6, 6.07) is 8.34. The van der Waals surface area contributed by atoms with Crippen molar-refractivity contribution < 1.29 is 9.47 Å². The second-order valence-corrected chi connectivity index (χ2v) is 6.05. The standard InChI is InChI=1S/C16H19NO2S/c1-18-14-7-12(8-15(9-14)19-2)10-17-5-3-16-13(11-17)4-6-20-16/h4,6-9H,3,5,10-11H2,1-2H3. The van der Waals surface area contributed by atoms with Gasteiger partial charge in [0, 0.05) is 30.6 Å². The number of thiophene rings is 1. The Morgan fingerprint density at radius 2 is 1.90 bits per heavy atom. The molecule has 20 heavy (non-hydrogen) atoms. The second-order valence-electron chi connectivity index (χ2n) is 5.05. The van der Waals surface area contributed by atoms with Crippen molar-refractivity contribution in [1.29, 1.82) is 0 Å². The predicted molar refractivity (Wildman–Crippen MR) is 81.7 cm³/mol. The molecule has 0 amide bonds. The molecule has 1 aliphatic heterocycles. The van der Waals surface area contributed by atoms with Gasteiger partial charge in [-0.3, -0.25) is 4.90 Å². The Balaban J connectivity index is 1.75. The molecule has 4 heteroatoms. The number of rotatable bonds is 4. The molecule has 0 radical (unpaired) electrons. The van der Waals surface area contributed by atoms with E-state index in [4.69, 9.17) is 9.47 Å². The molecule has 1 aromatic heterocycles. The predicted octanol–water partition coefficient (Wildman–Crippen LogP) is 3.32. The minimum absolute atomic E-state index is 0.854. The Morgan fingerprint density at radius 1 is 1.15 bits per heavy atom. The fourth-order valence-corrected chi connectivity index (χ4v) is 3.55. The smallest absolute Gasteiger partial charge is 0.122 e. The third-order valence-electron chi connectivity index (χ3n) is 3.70. The van der Waals surface area contributed by atoms with Gasteiger partial charge in [-0.05, 0) is 41.1 Å². The number of ether oxygens (including phenoxy) is 2. The number of hydrogen-bond donors (Lipinski definition) is 0. The Labute approximate surface area is 123 Å². The van der Waals surface area contributed by atoms with Gasteiger partial charge in [-0.2, -0.15) is 0 Å². The summed E-state index contributed by atoms with van der Waals surface area (Å²) < 4.78 is 10.7. The van der Waals surface area contributed by atoms with E-state index in [1.807, 2.05) is 17.4 Å². The molecule has 0 fully saturated rings. The molecule has 0 aliphatic carbocycles. The molecular weight excluding hydrogens is 270 g/mol. The Kier molecular flexibility index (Phi) is 3.94. The van der Waals surface area contributed by atoms with Gasteiger partial charge < -0.3 is 9.47 Å². The minimum Gasteiger partial charge on any atom is -0.497 e. The van der Waals surface area contributed by atoms with Crippen LogP contribution in [0.25, 0.3) is 0 Å². The summed E-state index contributed by atoms with van der Waals surface area (Å²) in [7, 11) is 3.38. The highest BCUT2D eigenvalue weighted by Crippen LogP contribution is 2.27. The van der Waals surface area contributed by atoms with Gasteiger partial charge in [0.2, 0.25) is 0 Å². The molecular formula is C16H19NO2S. The molecule has 106 valence electrons. The summed E-state index contributed by atoms with van der Waals surface area (Å²) in [5, 5.41) is 2.20. The molecule has 0 bridgehead atoms. The van der Waals surface area contributed by atoms with Crippen LogP contribution in [0.4, 0.5) is 0 Å². The zero-order valence-corrected chi connectivity index (χ0v) is 12.7. The maximum absolute atomic E-state index is 5.33. The molecule has 0 spiro atoms. The first-order valence-corrected chi connectivity index (χ1v) is 7.66. The molecule has 0 unspecified atom stereocenters. The molecule has 2 heterocycles. The van der Waals surface area contributed by atoms with Crippen LogP contribution in [-0.2, 0) is 19.5 Å². The quantitative estimate of drug-likeness (QED) is 0.862. The molecule has 0 atom stereocenters. The number of benzene rings is 1. The maximum Gasteiger partial charge on any atom is 0.122 e. The van der Waals surface area contributed by atoms with Crippen LogP contribution < -0.4 is 9.47 Å². The molecule has 0 saturated heterocycles. The van der Waals surface area contributed by atoms with Crippen LogP contribution in [0.5, 0.6) is 11.5 Å². The van der Waals surface area contributed by atoms with Gasteiger partial charge in [-0.15, -0.1) is 11.3 Å². The van der Waals surface area contributed by atoms with Crippen LogP contribution in [-0.4, -0.2) is 25.7 Å². The summed E-state index contributed by atoms with van der Waals surface area (Å²) in [6.45, 7) is 3.09. The van der Waals surface area contributed by atoms with Crippen LogP contribution in [0.2, 0.25) is 0 Å². The van der Waals surface area contributed by atoms with Crippen molar-refractivity contribution in [3.05, 3.63) is 45.6 Å². The molecule has 3 rings (SSSR count). The first-order valence-electron chi connectivity index (χ1n) is 6.78. The number of nitrogens with zero attached hydrogens (tertiary/aromatic N) is 1. The number of methoxy groups -OCH3 is 2. The van der Waals surface area contributed by atoms with E-state index in [0.29, 0.717) is 0 Å². The lowest BCUT2D eigenvalue weighted by atomic mass is 10.1. The van der Waals surface area contributed by atoms with Crippen molar-refractivity contribution in [1.82, 2.24) is 4.90 Å². The monoisotopic (exact) mass is 289 g/mol. The fraction of sp³-hybridized carbons (Fsp3) is 0.375. The van der Waals surface area contributed by atoms with Crippen molar-refractivity contribution in [2.24, 2.45) is 0 Å². The lowest BCUT2D eigenvalue weighted by Gasteiger charge is -2.27. The van der Waals surface area contributed by atoms with Gasteiger partial charge in [0.1, 0.15) is 11.5 Å². The summed E-state index contributed by atoms with van der Waals surface area (Å²) in [5.74, 6) is 1.71. The Hall–Kier alpha value is -1.52. The van der Waals surface area contributed by atoms with Gasteiger partial charge in [0.25, 0.3) is 0 Å². The van der Waals surface area contributed by atoms with Crippen LogP contribution in [0, 0.1) is 0 Å². The van der Waals surface area contributed by atoms with E-state index in [-0.39, 0.29) is 0 Å². The van der Waals surface area contributed by atoms with Crippen molar-refractivity contribution >= 4 is 11.3 Å². The first-order chi connectivity index (χ1) is 9.78. The van der Waals surface area contributed by atoms with Crippen molar-refractivity contribution in [2.45, 2.75) is 19.5 Å². The SMILES string of the molecule is COc1cc(CN2CCc3sccc3C2)cc(OC)c1. The largest absolute Gasteiger partial charge is 0.497 e. The molecule has 1 aliphatic rings. The third kappa shape index (κ3) is 2.81. The van der Waals surface area contributed by atoms with E-state index >= 15 is 0 Å². The zero-order chi connectivity index (χ0) is 13.9. The number of hydrogen-bond acceptors (Lipinski definition) is 4. The third-order valence-corrected chi connectivity index (χ3v) is 4.73.